The molecule has 0 spiro atoms. The van der Waals surface area contributed by atoms with Gasteiger partial charge in [-0.1, -0.05) is 0 Å². The van der Waals surface area contributed by atoms with Gasteiger partial charge in [0.25, 0.3) is 0 Å². The van der Waals surface area contributed by atoms with Crippen molar-refractivity contribution in [2.75, 3.05) is 21.3 Å². The standard InChI is InChI=1S/C12H14N2O5/c1-13-12(16)14-10-6-4-5-7(17-2)9(18-3)8(6)11(15)19-10/h4-5,10H,1-3H3,(H2,13,14,16). The lowest BCUT2D eigenvalue weighted by Gasteiger charge is -2.13. The van der Waals surface area contributed by atoms with E-state index in [2.05, 4.69) is 10.6 Å². The van der Waals surface area contributed by atoms with E-state index < -0.39 is 18.2 Å². The molecule has 0 aromatic heterocycles. The van der Waals surface area contributed by atoms with Gasteiger partial charge < -0.3 is 19.5 Å². The highest BCUT2D eigenvalue weighted by molar-refractivity contribution is 5.98. The average Bonchev–Trinajstić information content (AvgIpc) is 2.74. The van der Waals surface area contributed by atoms with Crippen LogP contribution in [-0.2, 0) is 4.74 Å². The van der Waals surface area contributed by atoms with Gasteiger partial charge >= 0.3 is 12.0 Å². The Morgan fingerprint density at radius 1 is 1.32 bits per heavy atom. The lowest BCUT2D eigenvalue weighted by Crippen LogP contribution is -2.35. The summed E-state index contributed by atoms with van der Waals surface area (Å²) in [7, 11) is 4.39. The maximum Gasteiger partial charge on any atom is 0.344 e. The smallest absolute Gasteiger partial charge is 0.344 e. The molecule has 1 aliphatic heterocycles. The molecule has 1 aliphatic rings. The third-order valence-electron chi connectivity index (χ3n) is 2.78. The Morgan fingerprint density at radius 2 is 2.05 bits per heavy atom. The van der Waals surface area contributed by atoms with Crippen LogP contribution in [0.3, 0.4) is 0 Å². The van der Waals surface area contributed by atoms with E-state index in [0.717, 1.165) is 0 Å². The van der Waals surface area contributed by atoms with E-state index >= 15 is 0 Å². The van der Waals surface area contributed by atoms with Crippen LogP contribution in [0.1, 0.15) is 22.1 Å². The summed E-state index contributed by atoms with van der Waals surface area (Å²) in [6.07, 6.45) is -0.831. The first-order valence-corrected chi connectivity index (χ1v) is 5.56. The molecule has 0 saturated heterocycles. The molecule has 0 saturated carbocycles. The number of urea groups is 1. The first kappa shape index (κ1) is 13.0. The Balaban J connectivity index is 2.43. The van der Waals surface area contributed by atoms with Crippen LogP contribution in [0.25, 0.3) is 0 Å². The summed E-state index contributed by atoms with van der Waals surface area (Å²) < 4.78 is 15.4. The van der Waals surface area contributed by atoms with Gasteiger partial charge in [-0.05, 0) is 12.1 Å². The molecule has 0 bridgehead atoms. The predicted octanol–water partition coefficient (Wildman–Crippen LogP) is 0.802. The highest BCUT2D eigenvalue weighted by atomic mass is 16.6. The predicted molar refractivity (Wildman–Crippen MR) is 65.3 cm³/mol. The van der Waals surface area contributed by atoms with Gasteiger partial charge in [-0.2, -0.15) is 0 Å². The van der Waals surface area contributed by atoms with Crippen LogP contribution in [-0.4, -0.2) is 33.3 Å². The topological polar surface area (TPSA) is 85.9 Å². The molecule has 2 N–H and O–H groups in total. The van der Waals surface area contributed by atoms with Gasteiger partial charge in [0.15, 0.2) is 11.5 Å². The van der Waals surface area contributed by atoms with E-state index in [1.54, 1.807) is 12.1 Å². The normalized spacial score (nSPS) is 16.4. The highest BCUT2D eigenvalue weighted by Crippen LogP contribution is 2.40. The van der Waals surface area contributed by atoms with E-state index in [4.69, 9.17) is 14.2 Å². The molecule has 1 heterocycles. The molecule has 7 heteroatoms. The Bertz CT molecular complexity index is 529. The van der Waals surface area contributed by atoms with E-state index in [0.29, 0.717) is 17.1 Å². The van der Waals surface area contributed by atoms with E-state index in [9.17, 15) is 9.59 Å². The molecule has 1 unspecified atom stereocenters. The molecule has 19 heavy (non-hydrogen) atoms. The summed E-state index contributed by atoms with van der Waals surface area (Å²) in [6, 6.07) is 2.86. The number of methoxy groups -OCH3 is 2. The zero-order valence-electron chi connectivity index (χ0n) is 10.8. The Hall–Kier alpha value is -2.44. The van der Waals surface area contributed by atoms with Gasteiger partial charge in [-0.15, -0.1) is 0 Å². The number of carbonyl (C=O) groups is 2. The summed E-state index contributed by atoms with van der Waals surface area (Å²) in [5.74, 6) is 0.164. The zero-order chi connectivity index (χ0) is 14.0. The van der Waals surface area contributed by atoms with Crippen molar-refractivity contribution in [2.45, 2.75) is 6.23 Å². The fourth-order valence-electron chi connectivity index (χ4n) is 1.90. The third-order valence-corrected chi connectivity index (χ3v) is 2.78. The zero-order valence-corrected chi connectivity index (χ0v) is 10.8. The van der Waals surface area contributed by atoms with Gasteiger partial charge in [0.2, 0.25) is 6.23 Å². The summed E-state index contributed by atoms with van der Waals surface area (Å²) in [6.45, 7) is 0. The van der Waals surface area contributed by atoms with Gasteiger partial charge in [-0.25, -0.2) is 9.59 Å². The van der Waals surface area contributed by atoms with Crippen LogP contribution in [0.5, 0.6) is 11.5 Å². The number of nitrogens with one attached hydrogen (secondary N) is 2. The fraction of sp³-hybridized carbons (Fsp3) is 0.333. The summed E-state index contributed by atoms with van der Waals surface area (Å²) in [4.78, 5) is 23.2. The number of rotatable bonds is 3. The number of fused-ring (bicyclic) bond motifs is 1. The highest BCUT2D eigenvalue weighted by Gasteiger charge is 2.36. The first-order chi connectivity index (χ1) is 9.12. The number of esters is 1. The second kappa shape index (κ2) is 5.05. The summed E-state index contributed by atoms with van der Waals surface area (Å²) in [5, 5.41) is 4.91. The number of cyclic esters (lactones) is 1. The van der Waals surface area contributed by atoms with Crippen molar-refractivity contribution in [1.29, 1.82) is 0 Å². The van der Waals surface area contributed by atoms with Gasteiger partial charge in [-0.3, -0.25) is 5.32 Å². The quantitative estimate of drug-likeness (QED) is 0.790. The second-order valence-corrected chi connectivity index (χ2v) is 3.77. The molecule has 0 radical (unpaired) electrons. The SMILES string of the molecule is CNC(=O)NC1OC(=O)c2c1ccc(OC)c2OC. The van der Waals surface area contributed by atoms with Crippen molar-refractivity contribution in [2.24, 2.45) is 0 Å². The van der Waals surface area contributed by atoms with E-state index in [1.807, 2.05) is 0 Å². The van der Waals surface area contributed by atoms with E-state index in [-0.39, 0.29) is 5.56 Å². The molecule has 7 nitrogen and oxygen atoms in total. The second-order valence-electron chi connectivity index (χ2n) is 3.77. The maximum absolute atomic E-state index is 11.9. The minimum atomic E-state index is -0.831. The number of carbonyl (C=O) groups excluding carboxylic acids is 2. The molecule has 2 rings (SSSR count). The number of hydrogen-bond acceptors (Lipinski definition) is 5. The van der Waals surface area contributed by atoms with Gasteiger partial charge in [0.1, 0.15) is 5.56 Å². The monoisotopic (exact) mass is 266 g/mol. The average molecular weight is 266 g/mol. The lowest BCUT2D eigenvalue weighted by molar-refractivity contribution is 0.0336. The number of amides is 2. The van der Waals surface area contributed by atoms with Crippen LogP contribution in [0.2, 0.25) is 0 Å². The Kier molecular flexibility index (Phi) is 3.46. The molecular weight excluding hydrogens is 252 g/mol. The fourth-order valence-corrected chi connectivity index (χ4v) is 1.90. The summed E-state index contributed by atoms with van der Waals surface area (Å²) in [5.41, 5.74) is 0.800. The van der Waals surface area contributed by atoms with Crippen LogP contribution in [0.4, 0.5) is 4.79 Å². The van der Waals surface area contributed by atoms with Crippen LogP contribution in [0.15, 0.2) is 12.1 Å². The largest absolute Gasteiger partial charge is 0.493 e. The van der Waals surface area contributed by atoms with Crippen molar-refractivity contribution in [3.05, 3.63) is 23.3 Å². The first-order valence-electron chi connectivity index (χ1n) is 5.56. The Morgan fingerprint density at radius 3 is 2.63 bits per heavy atom. The van der Waals surface area contributed by atoms with Crippen LogP contribution >= 0.6 is 0 Å². The molecule has 2 amide bonds. The van der Waals surface area contributed by atoms with Crippen LogP contribution < -0.4 is 20.1 Å². The molecule has 1 aromatic rings. The Labute approximate surface area is 109 Å². The van der Waals surface area contributed by atoms with Crippen LogP contribution in [0, 0.1) is 0 Å². The van der Waals surface area contributed by atoms with Crippen molar-refractivity contribution in [3.8, 4) is 11.5 Å². The third kappa shape index (κ3) is 2.14. The van der Waals surface area contributed by atoms with Crippen molar-refractivity contribution in [1.82, 2.24) is 10.6 Å². The number of benzene rings is 1. The molecule has 1 atom stereocenters. The minimum Gasteiger partial charge on any atom is -0.493 e. The molecular formula is C12H14N2O5. The van der Waals surface area contributed by atoms with E-state index in [1.165, 1.54) is 21.3 Å². The van der Waals surface area contributed by atoms with Gasteiger partial charge in [0.05, 0.1) is 14.2 Å². The lowest BCUT2D eigenvalue weighted by atomic mass is 10.1. The van der Waals surface area contributed by atoms with Crippen molar-refractivity contribution < 1.29 is 23.8 Å². The number of ether oxygens (including phenoxy) is 3. The minimum absolute atomic E-state index is 0.267. The molecule has 0 aliphatic carbocycles. The van der Waals surface area contributed by atoms with Gasteiger partial charge in [0, 0.05) is 12.6 Å². The molecule has 102 valence electrons. The summed E-state index contributed by atoms with van der Waals surface area (Å²) >= 11 is 0. The number of hydrogen-bond donors (Lipinski definition) is 2. The van der Waals surface area contributed by atoms with Crippen molar-refractivity contribution in [3.63, 3.8) is 0 Å². The van der Waals surface area contributed by atoms with Crippen molar-refractivity contribution >= 4 is 12.0 Å². The maximum atomic E-state index is 11.9. The molecule has 1 aromatic carbocycles. The molecule has 0 fully saturated rings.